The molecule has 1 N–H and O–H groups in total. The van der Waals surface area contributed by atoms with Gasteiger partial charge in [0.15, 0.2) is 0 Å². The summed E-state index contributed by atoms with van der Waals surface area (Å²) in [7, 11) is 0. The van der Waals surface area contributed by atoms with Crippen molar-refractivity contribution in [2.24, 2.45) is 0 Å². The standard InChI is InChI=1S/C6H11N3O/c1-6(2,10)3-9-5-7-4-8-9/h4-5,10H,3H2,1-2H3. The van der Waals surface area contributed by atoms with Crippen molar-refractivity contribution in [3.8, 4) is 0 Å². The number of aromatic nitrogens is 3. The molecule has 4 nitrogen and oxygen atoms in total. The van der Waals surface area contributed by atoms with Crippen LogP contribution < -0.4 is 0 Å². The fourth-order valence-electron chi connectivity index (χ4n) is 0.711. The summed E-state index contributed by atoms with van der Waals surface area (Å²) in [5.74, 6) is 0. The first kappa shape index (κ1) is 7.21. The van der Waals surface area contributed by atoms with Gasteiger partial charge in [0.25, 0.3) is 0 Å². The molecule has 0 spiro atoms. The fraction of sp³-hybridized carbons (Fsp3) is 0.667. The Morgan fingerprint density at radius 3 is 2.70 bits per heavy atom. The Bertz CT molecular complexity index is 187. The summed E-state index contributed by atoms with van der Waals surface area (Å²) < 4.78 is 1.60. The molecule has 0 unspecified atom stereocenters. The summed E-state index contributed by atoms with van der Waals surface area (Å²) in [6.07, 6.45) is 3.03. The van der Waals surface area contributed by atoms with Crippen LogP contribution >= 0.6 is 0 Å². The van der Waals surface area contributed by atoms with E-state index in [1.54, 1.807) is 24.9 Å². The predicted molar refractivity (Wildman–Crippen MR) is 36.3 cm³/mol. The molecule has 0 fully saturated rings. The summed E-state index contributed by atoms with van der Waals surface area (Å²) in [6, 6.07) is 0. The number of nitrogens with zero attached hydrogens (tertiary/aromatic N) is 3. The average molecular weight is 141 g/mol. The smallest absolute Gasteiger partial charge is 0.137 e. The molecule has 0 aliphatic carbocycles. The van der Waals surface area contributed by atoms with Gasteiger partial charge in [-0.25, -0.2) is 4.98 Å². The van der Waals surface area contributed by atoms with E-state index in [1.807, 2.05) is 0 Å². The highest BCUT2D eigenvalue weighted by atomic mass is 16.3. The van der Waals surface area contributed by atoms with Gasteiger partial charge in [-0.3, -0.25) is 4.68 Å². The molecule has 4 heteroatoms. The number of aliphatic hydroxyl groups is 1. The maximum absolute atomic E-state index is 9.30. The molecule has 0 aliphatic heterocycles. The molecule has 0 amide bonds. The van der Waals surface area contributed by atoms with E-state index in [1.165, 1.54) is 6.33 Å². The van der Waals surface area contributed by atoms with E-state index in [0.29, 0.717) is 6.54 Å². The first-order valence-corrected chi connectivity index (χ1v) is 3.13. The van der Waals surface area contributed by atoms with E-state index in [2.05, 4.69) is 10.1 Å². The third kappa shape index (κ3) is 2.14. The Labute approximate surface area is 59.5 Å². The van der Waals surface area contributed by atoms with Crippen molar-refractivity contribution in [3.05, 3.63) is 12.7 Å². The maximum Gasteiger partial charge on any atom is 0.137 e. The molecule has 0 aliphatic rings. The van der Waals surface area contributed by atoms with Crippen LogP contribution in [0, 0.1) is 0 Å². The molecule has 0 saturated carbocycles. The van der Waals surface area contributed by atoms with Crippen molar-refractivity contribution in [1.82, 2.24) is 14.8 Å². The first-order chi connectivity index (χ1) is 4.58. The zero-order valence-electron chi connectivity index (χ0n) is 6.15. The lowest BCUT2D eigenvalue weighted by molar-refractivity contribution is 0.0576. The highest BCUT2D eigenvalue weighted by molar-refractivity contribution is 4.67. The van der Waals surface area contributed by atoms with E-state index in [9.17, 15) is 5.11 Å². The summed E-state index contributed by atoms with van der Waals surface area (Å²) in [5.41, 5.74) is -0.715. The second-order valence-corrected chi connectivity index (χ2v) is 2.91. The Morgan fingerprint density at radius 2 is 2.30 bits per heavy atom. The van der Waals surface area contributed by atoms with Crippen LogP contribution in [0.2, 0.25) is 0 Å². The molecule has 0 radical (unpaired) electrons. The van der Waals surface area contributed by atoms with E-state index in [-0.39, 0.29) is 0 Å². The van der Waals surface area contributed by atoms with Crippen LogP contribution in [0.4, 0.5) is 0 Å². The number of hydrogen-bond acceptors (Lipinski definition) is 3. The van der Waals surface area contributed by atoms with Crippen LogP contribution in [0.5, 0.6) is 0 Å². The molecule has 0 bridgehead atoms. The number of hydrogen-bond donors (Lipinski definition) is 1. The van der Waals surface area contributed by atoms with E-state index in [4.69, 9.17) is 0 Å². The monoisotopic (exact) mass is 141 g/mol. The Morgan fingerprint density at radius 1 is 1.60 bits per heavy atom. The van der Waals surface area contributed by atoms with Gasteiger partial charge in [0.2, 0.25) is 0 Å². The molecule has 1 aromatic heterocycles. The Hall–Kier alpha value is -0.900. The van der Waals surface area contributed by atoms with E-state index < -0.39 is 5.60 Å². The minimum absolute atomic E-state index is 0.479. The SMILES string of the molecule is CC(C)(O)Cn1cncn1. The summed E-state index contributed by atoms with van der Waals surface area (Å²) in [4.78, 5) is 3.75. The molecule has 1 rings (SSSR count). The van der Waals surface area contributed by atoms with E-state index >= 15 is 0 Å². The molecular formula is C6H11N3O. The Balaban J connectivity index is 2.57. The van der Waals surface area contributed by atoms with Crippen LogP contribution in [-0.4, -0.2) is 25.5 Å². The molecule has 0 aromatic carbocycles. The van der Waals surface area contributed by atoms with Gasteiger partial charge >= 0.3 is 0 Å². The molecule has 10 heavy (non-hydrogen) atoms. The second-order valence-electron chi connectivity index (χ2n) is 2.91. The average Bonchev–Trinajstić information content (AvgIpc) is 2.12. The van der Waals surface area contributed by atoms with Gasteiger partial charge in [-0.2, -0.15) is 5.10 Å². The zero-order chi connectivity index (χ0) is 7.61. The van der Waals surface area contributed by atoms with Gasteiger partial charge in [-0.05, 0) is 13.8 Å². The lowest BCUT2D eigenvalue weighted by atomic mass is 10.1. The molecule has 1 aromatic rings. The van der Waals surface area contributed by atoms with Crippen LogP contribution in [0.1, 0.15) is 13.8 Å². The predicted octanol–water partition coefficient (Wildman–Crippen LogP) is 0.0490. The van der Waals surface area contributed by atoms with Gasteiger partial charge in [0.1, 0.15) is 12.7 Å². The van der Waals surface area contributed by atoms with Crippen molar-refractivity contribution < 1.29 is 5.11 Å². The molecule has 56 valence electrons. The first-order valence-electron chi connectivity index (χ1n) is 3.13. The normalized spacial score (nSPS) is 11.9. The minimum atomic E-state index is -0.715. The van der Waals surface area contributed by atoms with Crippen molar-refractivity contribution in [2.75, 3.05) is 0 Å². The second kappa shape index (κ2) is 2.38. The van der Waals surface area contributed by atoms with Crippen LogP contribution in [0.25, 0.3) is 0 Å². The van der Waals surface area contributed by atoms with Crippen LogP contribution in [0.3, 0.4) is 0 Å². The molecule has 0 atom stereocenters. The summed E-state index contributed by atoms with van der Waals surface area (Å²) >= 11 is 0. The van der Waals surface area contributed by atoms with Gasteiger partial charge in [-0.1, -0.05) is 0 Å². The lowest BCUT2D eigenvalue weighted by Crippen LogP contribution is -2.26. The van der Waals surface area contributed by atoms with Crippen molar-refractivity contribution in [2.45, 2.75) is 26.0 Å². The van der Waals surface area contributed by atoms with Crippen molar-refractivity contribution in [1.29, 1.82) is 0 Å². The third-order valence-corrected chi connectivity index (χ3v) is 1.02. The Kier molecular flexibility index (Phi) is 1.72. The van der Waals surface area contributed by atoms with E-state index in [0.717, 1.165) is 0 Å². The van der Waals surface area contributed by atoms with Crippen LogP contribution in [-0.2, 0) is 6.54 Å². The van der Waals surface area contributed by atoms with Crippen molar-refractivity contribution in [3.63, 3.8) is 0 Å². The highest BCUT2D eigenvalue weighted by Gasteiger charge is 2.12. The third-order valence-electron chi connectivity index (χ3n) is 1.02. The van der Waals surface area contributed by atoms with Gasteiger partial charge in [0.05, 0.1) is 12.1 Å². The van der Waals surface area contributed by atoms with Gasteiger partial charge in [-0.15, -0.1) is 0 Å². The largest absolute Gasteiger partial charge is 0.389 e. The lowest BCUT2D eigenvalue weighted by Gasteiger charge is -2.15. The summed E-state index contributed by atoms with van der Waals surface area (Å²) in [5, 5.41) is 13.1. The highest BCUT2D eigenvalue weighted by Crippen LogP contribution is 2.02. The van der Waals surface area contributed by atoms with Crippen molar-refractivity contribution >= 4 is 0 Å². The molecule has 1 heterocycles. The fourth-order valence-corrected chi connectivity index (χ4v) is 0.711. The number of rotatable bonds is 2. The van der Waals surface area contributed by atoms with Gasteiger partial charge in [0, 0.05) is 0 Å². The molecular weight excluding hydrogens is 130 g/mol. The zero-order valence-corrected chi connectivity index (χ0v) is 6.15. The van der Waals surface area contributed by atoms with Gasteiger partial charge < -0.3 is 5.11 Å². The van der Waals surface area contributed by atoms with Crippen LogP contribution in [0.15, 0.2) is 12.7 Å². The quantitative estimate of drug-likeness (QED) is 0.633. The topological polar surface area (TPSA) is 50.9 Å². The summed E-state index contributed by atoms with van der Waals surface area (Å²) in [6.45, 7) is 3.94. The maximum atomic E-state index is 9.30. The minimum Gasteiger partial charge on any atom is -0.389 e. The molecule has 0 saturated heterocycles.